The van der Waals surface area contributed by atoms with Gasteiger partial charge in [0.2, 0.25) is 10.0 Å². The van der Waals surface area contributed by atoms with Crippen molar-refractivity contribution in [2.24, 2.45) is 0 Å². The third kappa shape index (κ3) is 4.94. The maximum absolute atomic E-state index is 13.1. The summed E-state index contributed by atoms with van der Waals surface area (Å²) in [7, 11) is -1.69. The Morgan fingerprint density at radius 2 is 1.55 bits per heavy atom. The van der Waals surface area contributed by atoms with E-state index in [0.29, 0.717) is 42.6 Å². The Kier molecular flexibility index (Phi) is 6.55. The molecule has 8 heteroatoms. The number of nitrogens with zero attached hydrogens (tertiary/aromatic N) is 2. The fourth-order valence-corrected chi connectivity index (χ4v) is 4.51. The van der Waals surface area contributed by atoms with Gasteiger partial charge in [-0.05, 0) is 43.2 Å². The Hall–Kier alpha value is -2.03. The maximum atomic E-state index is 13.1. The van der Waals surface area contributed by atoms with Gasteiger partial charge in [-0.25, -0.2) is 12.7 Å². The van der Waals surface area contributed by atoms with Gasteiger partial charge in [0.15, 0.2) is 5.78 Å². The van der Waals surface area contributed by atoms with E-state index in [1.54, 1.807) is 60.5 Å². The van der Waals surface area contributed by atoms with Crippen molar-refractivity contribution >= 4 is 37.6 Å². The molecule has 1 aliphatic rings. The summed E-state index contributed by atoms with van der Waals surface area (Å²) in [4.78, 5) is 27.8. The van der Waals surface area contributed by atoms with E-state index in [2.05, 4.69) is 15.9 Å². The van der Waals surface area contributed by atoms with Crippen molar-refractivity contribution in [1.29, 1.82) is 0 Å². The molecular weight excluding hydrogens is 456 g/mol. The van der Waals surface area contributed by atoms with Crippen LogP contribution in [0.4, 0.5) is 0 Å². The topological polar surface area (TPSA) is 74.8 Å². The molecule has 0 spiro atoms. The zero-order valence-electron chi connectivity index (χ0n) is 16.3. The summed E-state index contributed by atoms with van der Waals surface area (Å²) >= 11 is 3.35. The van der Waals surface area contributed by atoms with Crippen molar-refractivity contribution in [3.8, 4) is 0 Å². The smallest absolute Gasteiger partial charge is 0.254 e. The van der Waals surface area contributed by atoms with E-state index in [-0.39, 0.29) is 17.7 Å². The molecule has 1 saturated heterocycles. The van der Waals surface area contributed by atoms with Gasteiger partial charge in [0.25, 0.3) is 5.91 Å². The molecule has 0 bridgehead atoms. The Morgan fingerprint density at radius 1 is 1.00 bits per heavy atom. The molecule has 6 nitrogen and oxygen atoms in total. The van der Waals surface area contributed by atoms with Crippen LogP contribution in [0.25, 0.3) is 0 Å². The second-order valence-corrected chi connectivity index (χ2v) is 10.1. The fraction of sp³-hybridized carbons (Fsp3) is 0.333. The molecular formula is C21H23BrN2O4S. The van der Waals surface area contributed by atoms with E-state index in [0.717, 1.165) is 4.47 Å². The second-order valence-electron chi connectivity index (χ2n) is 7.18. The molecule has 1 amide bonds. The lowest BCUT2D eigenvalue weighted by Gasteiger charge is -2.35. The van der Waals surface area contributed by atoms with Crippen molar-refractivity contribution in [3.05, 3.63) is 69.7 Å². The average Bonchev–Trinajstić information content (AvgIpc) is 2.72. The van der Waals surface area contributed by atoms with Gasteiger partial charge in [0, 0.05) is 41.8 Å². The highest BCUT2D eigenvalue weighted by molar-refractivity contribution is 9.10. The number of likely N-dealkylation sites (tertiary alicyclic amines) is 1. The van der Waals surface area contributed by atoms with E-state index in [4.69, 9.17) is 0 Å². The Bertz CT molecular complexity index is 1010. The first-order valence-corrected chi connectivity index (χ1v) is 11.9. The molecule has 0 aliphatic carbocycles. The SMILES string of the molecule is CN(C1CCN(C(=O)c2ccccc2C(=O)c2ccc(Br)cc2)CC1)S(C)(=O)=O. The van der Waals surface area contributed by atoms with Gasteiger partial charge in [-0.1, -0.05) is 34.1 Å². The summed E-state index contributed by atoms with van der Waals surface area (Å²) < 4.78 is 25.7. The third-order valence-corrected chi connectivity index (χ3v) is 7.17. The monoisotopic (exact) mass is 478 g/mol. The minimum absolute atomic E-state index is 0.117. The quantitative estimate of drug-likeness (QED) is 0.618. The van der Waals surface area contributed by atoms with E-state index in [1.807, 2.05) is 0 Å². The molecule has 1 fully saturated rings. The predicted molar refractivity (Wildman–Crippen MR) is 116 cm³/mol. The summed E-state index contributed by atoms with van der Waals surface area (Å²) in [6.45, 7) is 0.897. The molecule has 0 radical (unpaired) electrons. The van der Waals surface area contributed by atoms with Crippen molar-refractivity contribution < 1.29 is 18.0 Å². The first-order chi connectivity index (χ1) is 13.7. The number of benzene rings is 2. The van der Waals surface area contributed by atoms with E-state index >= 15 is 0 Å². The highest BCUT2D eigenvalue weighted by atomic mass is 79.9. The van der Waals surface area contributed by atoms with Gasteiger partial charge >= 0.3 is 0 Å². The van der Waals surface area contributed by atoms with Crippen LogP contribution in [0.15, 0.2) is 53.0 Å². The van der Waals surface area contributed by atoms with Crippen molar-refractivity contribution in [2.45, 2.75) is 18.9 Å². The van der Waals surface area contributed by atoms with Gasteiger partial charge < -0.3 is 4.90 Å². The molecule has 154 valence electrons. The summed E-state index contributed by atoms with van der Waals surface area (Å²) in [5, 5.41) is 0. The van der Waals surface area contributed by atoms with E-state index < -0.39 is 10.0 Å². The molecule has 1 heterocycles. The molecule has 2 aromatic carbocycles. The number of piperidine rings is 1. The van der Waals surface area contributed by atoms with Crippen LogP contribution in [0.2, 0.25) is 0 Å². The normalized spacial score (nSPS) is 15.5. The van der Waals surface area contributed by atoms with Crippen LogP contribution in [-0.2, 0) is 10.0 Å². The minimum Gasteiger partial charge on any atom is -0.339 e. The summed E-state index contributed by atoms with van der Waals surface area (Å²) in [5.74, 6) is -0.403. The van der Waals surface area contributed by atoms with Crippen molar-refractivity contribution in [3.63, 3.8) is 0 Å². The van der Waals surface area contributed by atoms with Gasteiger partial charge in [-0.3, -0.25) is 9.59 Å². The van der Waals surface area contributed by atoms with Crippen LogP contribution in [0.5, 0.6) is 0 Å². The largest absolute Gasteiger partial charge is 0.339 e. The summed E-state index contributed by atoms with van der Waals surface area (Å²) in [6.07, 6.45) is 2.32. The minimum atomic E-state index is -3.26. The first-order valence-electron chi connectivity index (χ1n) is 9.30. The summed E-state index contributed by atoms with van der Waals surface area (Å²) in [5.41, 5.74) is 1.26. The Balaban J connectivity index is 1.77. The lowest BCUT2D eigenvalue weighted by molar-refractivity contribution is 0.0683. The fourth-order valence-electron chi connectivity index (χ4n) is 3.50. The average molecular weight is 479 g/mol. The maximum Gasteiger partial charge on any atom is 0.254 e. The number of amides is 1. The lowest BCUT2D eigenvalue weighted by atomic mass is 9.96. The molecule has 0 aromatic heterocycles. The van der Waals surface area contributed by atoms with Gasteiger partial charge in [-0.15, -0.1) is 0 Å². The highest BCUT2D eigenvalue weighted by Gasteiger charge is 2.30. The number of hydrogen-bond donors (Lipinski definition) is 0. The van der Waals surface area contributed by atoms with Crippen LogP contribution < -0.4 is 0 Å². The molecule has 0 saturated carbocycles. The summed E-state index contributed by atoms with van der Waals surface area (Å²) in [6, 6.07) is 13.7. The third-order valence-electron chi connectivity index (χ3n) is 5.30. The van der Waals surface area contributed by atoms with Crippen LogP contribution in [0.1, 0.15) is 39.1 Å². The van der Waals surface area contributed by atoms with Crippen molar-refractivity contribution in [2.75, 3.05) is 26.4 Å². The Labute approximate surface area is 179 Å². The molecule has 0 N–H and O–H groups in total. The first kappa shape index (κ1) is 21.7. The second kappa shape index (κ2) is 8.77. The Morgan fingerprint density at radius 3 is 2.10 bits per heavy atom. The van der Waals surface area contributed by atoms with Crippen molar-refractivity contribution in [1.82, 2.24) is 9.21 Å². The number of rotatable bonds is 5. The number of carbonyl (C=O) groups is 2. The van der Waals surface area contributed by atoms with E-state index in [1.165, 1.54) is 10.6 Å². The molecule has 29 heavy (non-hydrogen) atoms. The van der Waals surface area contributed by atoms with Crippen LogP contribution >= 0.6 is 15.9 Å². The lowest BCUT2D eigenvalue weighted by Crippen LogP contribution is -2.47. The van der Waals surface area contributed by atoms with E-state index in [9.17, 15) is 18.0 Å². The van der Waals surface area contributed by atoms with Gasteiger partial charge in [-0.2, -0.15) is 0 Å². The number of hydrogen-bond acceptors (Lipinski definition) is 4. The predicted octanol–water partition coefficient (Wildman–Crippen LogP) is 3.18. The number of carbonyl (C=O) groups excluding carboxylic acids is 2. The molecule has 1 aliphatic heterocycles. The number of sulfonamides is 1. The van der Waals surface area contributed by atoms with Crippen LogP contribution in [0, 0.1) is 0 Å². The zero-order chi connectivity index (χ0) is 21.2. The zero-order valence-corrected chi connectivity index (χ0v) is 18.7. The molecule has 0 atom stereocenters. The van der Waals surface area contributed by atoms with Gasteiger partial charge in [0.1, 0.15) is 0 Å². The number of ketones is 1. The van der Waals surface area contributed by atoms with Crippen LogP contribution in [-0.4, -0.2) is 61.7 Å². The van der Waals surface area contributed by atoms with Crippen LogP contribution in [0.3, 0.4) is 0 Å². The van der Waals surface area contributed by atoms with Gasteiger partial charge in [0.05, 0.1) is 11.8 Å². The molecule has 3 rings (SSSR count). The highest BCUT2D eigenvalue weighted by Crippen LogP contribution is 2.22. The molecule has 2 aromatic rings. The number of halogens is 1. The molecule has 0 unspecified atom stereocenters. The standard InChI is InChI=1S/C21H23BrN2O4S/c1-23(29(2,27)28)17-11-13-24(14-12-17)21(26)19-6-4-3-5-18(19)20(25)15-7-9-16(22)10-8-15/h3-10,17H,11-14H2,1-2H3.